The van der Waals surface area contributed by atoms with E-state index >= 15 is 0 Å². The Morgan fingerprint density at radius 2 is 1.87 bits per heavy atom. The molecule has 2 N–H and O–H groups in total. The van der Waals surface area contributed by atoms with Crippen LogP contribution in [0.1, 0.15) is 52.4 Å². The zero-order chi connectivity index (χ0) is 11.1. The van der Waals surface area contributed by atoms with E-state index in [0.29, 0.717) is 12.0 Å². The predicted octanol–water partition coefficient (Wildman–Crippen LogP) is 2.56. The van der Waals surface area contributed by atoms with Gasteiger partial charge in [-0.2, -0.15) is 0 Å². The Kier molecular flexibility index (Phi) is 5.62. The Balaban J connectivity index is 2.12. The number of rotatable bonds is 7. The quantitative estimate of drug-likeness (QED) is 0.637. The Morgan fingerprint density at radius 3 is 2.47 bits per heavy atom. The largest absolute Gasteiger partial charge is 0.396 e. The van der Waals surface area contributed by atoms with Crippen LogP contribution < -0.4 is 5.32 Å². The van der Waals surface area contributed by atoms with Crippen molar-refractivity contribution in [2.75, 3.05) is 19.7 Å². The molecule has 2 nitrogen and oxygen atoms in total. The number of hydrogen-bond acceptors (Lipinski definition) is 2. The average molecular weight is 213 g/mol. The van der Waals surface area contributed by atoms with Crippen LogP contribution in [-0.2, 0) is 0 Å². The number of unbranched alkanes of at least 4 members (excludes halogenated alkanes) is 1. The first-order valence-corrected chi connectivity index (χ1v) is 6.48. The van der Waals surface area contributed by atoms with Crippen LogP contribution in [0.15, 0.2) is 0 Å². The molecule has 0 atom stereocenters. The van der Waals surface area contributed by atoms with Crippen LogP contribution in [0.4, 0.5) is 0 Å². The molecule has 1 fully saturated rings. The van der Waals surface area contributed by atoms with Gasteiger partial charge in [0, 0.05) is 13.2 Å². The smallest absolute Gasteiger partial charge is 0.0431 e. The summed E-state index contributed by atoms with van der Waals surface area (Å²) in [7, 11) is 0. The summed E-state index contributed by atoms with van der Waals surface area (Å²) in [6.07, 6.45) is 7.72. The van der Waals surface area contributed by atoms with Gasteiger partial charge >= 0.3 is 0 Å². The topological polar surface area (TPSA) is 32.3 Å². The summed E-state index contributed by atoms with van der Waals surface area (Å²) in [6, 6.07) is 0. The highest BCUT2D eigenvalue weighted by Gasteiger charge is 2.30. The molecule has 0 heterocycles. The summed E-state index contributed by atoms with van der Waals surface area (Å²) in [5.41, 5.74) is 0.454. The lowest BCUT2D eigenvalue weighted by Gasteiger charge is -2.32. The fraction of sp³-hybridized carbons (Fsp3) is 1.00. The number of aliphatic hydroxyl groups excluding tert-OH is 1. The Morgan fingerprint density at radius 1 is 1.20 bits per heavy atom. The molecule has 15 heavy (non-hydrogen) atoms. The molecule has 1 aliphatic carbocycles. The summed E-state index contributed by atoms with van der Waals surface area (Å²) in [6.45, 7) is 7.29. The number of aliphatic hydroxyl groups is 1. The Bertz CT molecular complexity index is 162. The highest BCUT2D eigenvalue weighted by atomic mass is 16.2. The van der Waals surface area contributed by atoms with Crippen LogP contribution in [0, 0.1) is 11.3 Å². The van der Waals surface area contributed by atoms with Gasteiger partial charge in [0.25, 0.3) is 0 Å². The molecule has 0 aromatic rings. The van der Waals surface area contributed by atoms with E-state index < -0.39 is 0 Å². The third-order valence-electron chi connectivity index (χ3n) is 3.80. The van der Waals surface area contributed by atoms with Crippen LogP contribution in [0.5, 0.6) is 0 Å². The van der Waals surface area contributed by atoms with E-state index in [1.54, 1.807) is 0 Å². The van der Waals surface area contributed by atoms with E-state index in [1.807, 2.05) is 0 Å². The van der Waals surface area contributed by atoms with Gasteiger partial charge in [-0.1, -0.05) is 26.7 Å². The standard InChI is InChI=1S/C13H27NO/c1-13(2,12-7-3-4-8-12)11-14-9-5-6-10-15/h12,14-15H,3-11H2,1-2H3. The molecular formula is C13H27NO. The SMILES string of the molecule is CC(C)(CNCCCCO)C1CCCC1. The van der Waals surface area contributed by atoms with Crippen molar-refractivity contribution in [3.05, 3.63) is 0 Å². The van der Waals surface area contributed by atoms with E-state index in [2.05, 4.69) is 19.2 Å². The lowest BCUT2D eigenvalue weighted by Crippen LogP contribution is -2.35. The molecule has 0 aliphatic heterocycles. The summed E-state index contributed by atoms with van der Waals surface area (Å²) in [4.78, 5) is 0. The second-order valence-electron chi connectivity index (χ2n) is 5.58. The summed E-state index contributed by atoms with van der Waals surface area (Å²) in [5.74, 6) is 0.919. The van der Waals surface area contributed by atoms with Crippen molar-refractivity contribution in [2.24, 2.45) is 11.3 Å². The highest BCUT2D eigenvalue weighted by Crippen LogP contribution is 2.38. The van der Waals surface area contributed by atoms with Crippen LogP contribution >= 0.6 is 0 Å². The molecule has 0 aromatic carbocycles. The van der Waals surface area contributed by atoms with E-state index in [-0.39, 0.29) is 0 Å². The van der Waals surface area contributed by atoms with Gasteiger partial charge in [-0.25, -0.2) is 0 Å². The first-order valence-electron chi connectivity index (χ1n) is 6.48. The van der Waals surface area contributed by atoms with Gasteiger partial charge in [0.2, 0.25) is 0 Å². The first-order chi connectivity index (χ1) is 7.17. The monoisotopic (exact) mass is 213 g/mol. The van der Waals surface area contributed by atoms with Crippen LogP contribution in [0.3, 0.4) is 0 Å². The lowest BCUT2D eigenvalue weighted by molar-refractivity contribution is 0.207. The summed E-state index contributed by atoms with van der Waals surface area (Å²) in [5, 5.41) is 12.2. The fourth-order valence-electron chi connectivity index (χ4n) is 2.62. The minimum atomic E-state index is 0.327. The molecular weight excluding hydrogens is 186 g/mol. The number of hydrogen-bond donors (Lipinski definition) is 2. The van der Waals surface area contributed by atoms with Crippen molar-refractivity contribution >= 4 is 0 Å². The third-order valence-corrected chi connectivity index (χ3v) is 3.80. The van der Waals surface area contributed by atoms with Crippen LogP contribution in [0.25, 0.3) is 0 Å². The molecule has 0 unspecified atom stereocenters. The maximum Gasteiger partial charge on any atom is 0.0431 e. The molecule has 2 heteroatoms. The van der Waals surface area contributed by atoms with Gasteiger partial charge in [0.05, 0.1) is 0 Å². The van der Waals surface area contributed by atoms with E-state index in [0.717, 1.165) is 31.8 Å². The molecule has 1 aliphatic rings. The van der Waals surface area contributed by atoms with Crippen molar-refractivity contribution in [2.45, 2.75) is 52.4 Å². The summed E-state index contributed by atoms with van der Waals surface area (Å²) < 4.78 is 0. The second-order valence-corrected chi connectivity index (χ2v) is 5.58. The fourth-order valence-corrected chi connectivity index (χ4v) is 2.62. The highest BCUT2D eigenvalue weighted by molar-refractivity contribution is 4.83. The maximum atomic E-state index is 8.67. The molecule has 0 spiro atoms. The average Bonchev–Trinajstić information content (AvgIpc) is 2.70. The first kappa shape index (κ1) is 13.0. The van der Waals surface area contributed by atoms with Gasteiger partial charge in [0.1, 0.15) is 0 Å². The van der Waals surface area contributed by atoms with E-state index in [1.165, 1.54) is 25.7 Å². The number of nitrogens with one attached hydrogen (secondary N) is 1. The zero-order valence-electron chi connectivity index (χ0n) is 10.4. The Labute approximate surface area is 94.5 Å². The molecule has 1 saturated carbocycles. The summed E-state index contributed by atoms with van der Waals surface area (Å²) >= 11 is 0. The minimum Gasteiger partial charge on any atom is -0.396 e. The van der Waals surface area contributed by atoms with Crippen molar-refractivity contribution in [3.8, 4) is 0 Å². The molecule has 0 amide bonds. The molecule has 0 radical (unpaired) electrons. The molecule has 90 valence electrons. The third kappa shape index (κ3) is 4.52. The maximum absolute atomic E-state index is 8.67. The van der Waals surface area contributed by atoms with Crippen LogP contribution in [-0.4, -0.2) is 24.8 Å². The van der Waals surface area contributed by atoms with Gasteiger partial charge in [-0.15, -0.1) is 0 Å². The Hall–Kier alpha value is -0.0800. The van der Waals surface area contributed by atoms with Gasteiger partial charge < -0.3 is 10.4 Å². The molecule has 1 rings (SSSR count). The van der Waals surface area contributed by atoms with Gasteiger partial charge in [-0.3, -0.25) is 0 Å². The van der Waals surface area contributed by atoms with Crippen molar-refractivity contribution < 1.29 is 5.11 Å². The normalized spacial score (nSPS) is 18.6. The van der Waals surface area contributed by atoms with Crippen LogP contribution in [0.2, 0.25) is 0 Å². The van der Waals surface area contributed by atoms with Gasteiger partial charge in [0.15, 0.2) is 0 Å². The lowest BCUT2D eigenvalue weighted by atomic mass is 9.78. The van der Waals surface area contributed by atoms with Gasteiger partial charge in [-0.05, 0) is 43.6 Å². The van der Waals surface area contributed by atoms with E-state index in [4.69, 9.17) is 5.11 Å². The minimum absolute atomic E-state index is 0.327. The van der Waals surface area contributed by atoms with E-state index in [9.17, 15) is 0 Å². The van der Waals surface area contributed by atoms with Crippen molar-refractivity contribution in [1.82, 2.24) is 5.32 Å². The predicted molar refractivity (Wildman–Crippen MR) is 64.9 cm³/mol. The van der Waals surface area contributed by atoms with Crippen molar-refractivity contribution in [3.63, 3.8) is 0 Å². The second kappa shape index (κ2) is 6.49. The molecule has 0 aromatic heterocycles. The molecule has 0 bridgehead atoms. The zero-order valence-corrected chi connectivity index (χ0v) is 10.4. The van der Waals surface area contributed by atoms with Crippen molar-refractivity contribution in [1.29, 1.82) is 0 Å². The molecule has 0 saturated heterocycles.